The molecule has 0 saturated heterocycles. The second-order valence-electron chi connectivity index (χ2n) is 4.46. The van der Waals surface area contributed by atoms with Gasteiger partial charge in [0.25, 0.3) is 5.69 Å². The Morgan fingerprint density at radius 1 is 1.29 bits per heavy atom. The highest BCUT2D eigenvalue weighted by Crippen LogP contribution is 2.26. The second kappa shape index (κ2) is 6.17. The number of nitrogens with zero attached hydrogens (tertiary/aromatic N) is 1. The maximum Gasteiger partial charge on any atom is 0.274 e. The van der Waals surface area contributed by atoms with E-state index in [4.69, 9.17) is 0 Å². The fourth-order valence-electron chi connectivity index (χ4n) is 1.90. The number of anilines is 1. The van der Waals surface area contributed by atoms with Crippen LogP contribution in [0.3, 0.4) is 0 Å². The lowest BCUT2D eigenvalue weighted by Crippen LogP contribution is -2.05. The Labute approximate surface area is 128 Å². The molecule has 21 heavy (non-hydrogen) atoms. The Morgan fingerprint density at radius 3 is 2.67 bits per heavy atom. The van der Waals surface area contributed by atoms with Crippen molar-refractivity contribution >= 4 is 27.3 Å². The van der Waals surface area contributed by atoms with Crippen LogP contribution in [0.1, 0.15) is 11.1 Å². The van der Waals surface area contributed by atoms with Gasteiger partial charge in [0, 0.05) is 18.3 Å². The van der Waals surface area contributed by atoms with Crippen molar-refractivity contribution in [1.29, 1.82) is 0 Å². The van der Waals surface area contributed by atoms with E-state index < -0.39 is 16.6 Å². The Bertz CT molecular complexity index is 708. The van der Waals surface area contributed by atoms with Crippen LogP contribution in [0.2, 0.25) is 0 Å². The number of aryl methyl sites for hydroxylation is 1. The highest BCUT2D eigenvalue weighted by Gasteiger charge is 2.14. The first-order valence-electron chi connectivity index (χ1n) is 6.01. The van der Waals surface area contributed by atoms with E-state index >= 15 is 0 Å². The van der Waals surface area contributed by atoms with Gasteiger partial charge in [0.1, 0.15) is 11.6 Å². The smallest absolute Gasteiger partial charge is 0.274 e. The summed E-state index contributed by atoms with van der Waals surface area (Å²) >= 11 is 3.07. The summed E-state index contributed by atoms with van der Waals surface area (Å²) in [7, 11) is 0. The van der Waals surface area contributed by atoms with Crippen LogP contribution in [0.15, 0.2) is 34.8 Å². The number of hydrogen-bond donors (Lipinski definition) is 1. The minimum absolute atomic E-state index is 0.0238. The summed E-state index contributed by atoms with van der Waals surface area (Å²) in [6.07, 6.45) is 0. The third kappa shape index (κ3) is 3.55. The minimum Gasteiger partial charge on any atom is -0.380 e. The topological polar surface area (TPSA) is 55.2 Å². The molecule has 0 aliphatic rings. The first-order chi connectivity index (χ1) is 9.88. The average molecular weight is 357 g/mol. The van der Waals surface area contributed by atoms with Gasteiger partial charge in [0.05, 0.1) is 15.0 Å². The van der Waals surface area contributed by atoms with E-state index in [2.05, 4.69) is 21.2 Å². The molecule has 0 unspecified atom stereocenters. The summed E-state index contributed by atoms with van der Waals surface area (Å²) in [6, 6.07) is 6.12. The minimum atomic E-state index is -0.578. The Hall–Kier alpha value is -2.02. The highest BCUT2D eigenvalue weighted by atomic mass is 79.9. The maximum atomic E-state index is 13.5. The number of hydrogen-bond acceptors (Lipinski definition) is 3. The van der Waals surface area contributed by atoms with Crippen molar-refractivity contribution in [3.05, 3.63) is 67.7 Å². The van der Waals surface area contributed by atoms with Crippen LogP contribution in [0.25, 0.3) is 0 Å². The molecule has 2 rings (SSSR count). The van der Waals surface area contributed by atoms with Crippen molar-refractivity contribution in [3.8, 4) is 0 Å². The van der Waals surface area contributed by atoms with Crippen molar-refractivity contribution in [3.63, 3.8) is 0 Å². The van der Waals surface area contributed by atoms with E-state index in [1.54, 1.807) is 13.0 Å². The second-order valence-corrected chi connectivity index (χ2v) is 5.32. The zero-order valence-corrected chi connectivity index (χ0v) is 12.6. The third-order valence-electron chi connectivity index (χ3n) is 2.97. The number of rotatable bonds is 4. The van der Waals surface area contributed by atoms with E-state index in [0.29, 0.717) is 10.2 Å². The van der Waals surface area contributed by atoms with Crippen LogP contribution >= 0.6 is 15.9 Å². The maximum absolute atomic E-state index is 13.5. The number of nitrogens with one attached hydrogen (secondary N) is 1. The zero-order chi connectivity index (χ0) is 15.6. The van der Waals surface area contributed by atoms with Crippen LogP contribution in [0, 0.1) is 28.7 Å². The fraction of sp³-hybridized carbons (Fsp3) is 0.143. The molecule has 0 aromatic heterocycles. The molecule has 110 valence electrons. The Morgan fingerprint density at radius 2 is 2.00 bits per heavy atom. The van der Waals surface area contributed by atoms with Crippen molar-refractivity contribution < 1.29 is 13.7 Å². The molecular formula is C14H11BrF2N2O2. The average Bonchev–Trinajstić information content (AvgIpc) is 2.41. The predicted molar refractivity (Wildman–Crippen MR) is 79.2 cm³/mol. The first kappa shape index (κ1) is 15.4. The molecule has 0 saturated carbocycles. The van der Waals surface area contributed by atoms with Crippen LogP contribution in [-0.4, -0.2) is 4.92 Å². The van der Waals surface area contributed by atoms with E-state index in [0.717, 1.165) is 23.8 Å². The molecule has 1 N–H and O–H groups in total. The molecule has 4 nitrogen and oxygen atoms in total. The van der Waals surface area contributed by atoms with Gasteiger partial charge in [-0.05, 0) is 52.7 Å². The number of nitro benzene ring substituents is 1. The fourth-order valence-corrected chi connectivity index (χ4v) is 2.36. The van der Waals surface area contributed by atoms with E-state index in [9.17, 15) is 18.9 Å². The molecule has 2 aromatic carbocycles. The van der Waals surface area contributed by atoms with Gasteiger partial charge < -0.3 is 5.32 Å². The summed E-state index contributed by atoms with van der Waals surface area (Å²) < 4.78 is 27.1. The molecule has 0 spiro atoms. The Kier molecular flexibility index (Phi) is 4.52. The highest BCUT2D eigenvalue weighted by molar-refractivity contribution is 9.10. The largest absolute Gasteiger partial charge is 0.380 e. The number of benzene rings is 2. The third-order valence-corrected chi connectivity index (χ3v) is 3.58. The van der Waals surface area contributed by atoms with Crippen molar-refractivity contribution in [2.24, 2.45) is 0 Å². The van der Waals surface area contributed by atoms with Crippen LogP contribution in [-0.2, 0) is 6.54 Å². The van der Waals surface area contributed by atoms with Gasteiger partial charge in [0.2, 0.25) is 0 Å². The van der Waals surface area contributed by atoms with Crippen molar-refractivity contribution in [2.75, 3.05) is 5.32 Å². The molecule has 0 radical (unpaired) electrons. The Balaban J connectivity index is 2.26. The lowest BCUT2D eigenvalue weighted by molar-refractivity contribution is -0.385. The molecule has 0 fully saturated rings. The van der Waals surface area contributed by atoms with Crippen LogP contribution in [0.4, 0.5) is 20.2 Å². The number of halogens is 3. The van der Waals surface area contributed by atoms with Gasteiger partial charge in [-0.2, -0.15) is 0 Å². The molecule has 0 amide bonds. The summed E-state index contributed by atoms with van der Waals surface area (Å²) in [4.78, 5) is 10.3. The van der Waals surface area contributed by atoms with Crippen molar-refractivity contribution in [1.82, 2.24) is 0 Å². The lowest BCUT2D eigenvalue weighted by Gasteiger charge is -2.11. The van der Waals surface area contributed by atoms with Crippen LogP contribution < -0.4 is 5.32 Å². The standard InChI is InChI=1S/C14H11BrF2N2O2/c1-8-4-11(15)12(17)6-13(8)18-7-9-5-10(16)2-3-14(9)19(20)21/h2-6,18H,7H2,1H3. The van der Waals surface area contributed by atoms with E-state index in [1.165, 1.54) is 6.07 Å². The summed E-state index contributed by atoms with van der Waals surface area (Å²) in [5, 5.41) is 13.8. The molecule has 0 atom stereocenters. The SMILES string of the molecule is Cc1cc(Br)c(F)cc1NCc1cc(F)ccc1[N+](=O)[O-]. The molecule has 0 bridgehead atoms. The van der Waals surface area contributed by atoms with Gasteiger partial charge in [-0.1, -0.05) is 0 Å². The van der Waals surface area contributed by atoms with Gasteiger partial charge in [0.15, 0.2) is 0 Å². The zero-order valence-electron chi connectivity index (χ0n) is 11.0. The molecule has 7 heteroatoms. The molecule has 2 aromatic rings. The number of nitro groups is 1. The van der Waals surface area contributed by atoms with Gasteiger partial charge in [-0.15, -0.1) is 0 Å². The lowest BCUT2D eigenvalue weighted by atomic mass is 10.1. The molecule has 0 heterocycles. The predicted octanol–water partition coefficient (Wildman–Crippen LogP) is 4.56. The van der Waals surface area contributed by atoms with Gasteiger partial charge >= 0.3 is 0 Å². The van der Waals surface area contributed by atoms with Crippen molar-refractivity contribution in [2.45, 2.75) is 13.5 Å². The molecule has 0 aliphatic heterocycles. The van der Waals surface area contributed by atoms with E-state index in [1.807, 2.05) is 0 Å². The monoisotopic (exact) mass is 356 g/mol. The quantitative estimate of drug-likeness (QED) is 0.645. The summed E-state index contributed by atoms with van der Waals surface area (Å²) in [5.74, 6) is -1.01. The molecule has 0 aliphatic carbocycles. The van der Waals surface area contributed by atoms with Gasteiger partial charge in [-0.25, -0.2) is 8.78 Å². The molecular weight excluding hydrogens is 346 g/mol. The van der Waals surface area contributed by atoms with E-state index in [-0.39, 0.29) is 17.8 Å². The first-order valence-corrected chi connectivity index (χ1v) is 6.80. The normalized spacial score (nSPS) is 10.5. The van der Waals surface area contributed by atoms with Crippen LogP contribution in [0.5, 0.6) is 0 Å². The summed E-state index contributed by atoms with van der Waals surface area (Å²) in [5.41, 5.74) is 1.28. The van der Waals surface area contributed by atoms with Gasteiger partial charge in [-0.3, -0.25) is 10.1 Å². The summed E-state index contributed by atoms with van der Waals surface area (Å²) in [6.45, 7) is 1.79.